The lowest BCUT2D eigenvalue weighted by molar-refractivity contribution is -0.131. The van der Waals surface area contributed by atoms with Crippen LogP contribution >= 0.6 is 0 Å². The number of hydrogen-bond acceptors (Lipinski definition) is 3. The summed E-state index contributed by atoms with van der Waals surface area (Å²) in [5, 5.41) is 3.29. The number of amides is 1. The zero-order valence-electron chi connectivity index (χ0n) is 12.8. The maximum atomic E-state index is 12.3. The van der Waals surface area contributed by atoms with Gasteiger partial charge in [-0.2, -0.15) is 0 Å². The van der Waals surface area contributed by atoms with Gasteiger partial charge in [0.05, 0.1) is 0 Å². The Morgan fingerprint density at radius 1 is 1.29 bits per heavy atom. The lowest BCUT2D eigenvalue weighted by atomic mass is 9.94. The molecule has 3 rings (SSSR count). The standard InChI is InChI=1S/C17H25N3O/c1-14-12-15-4-2-3-5-16(15)20(13-14)9-6-17(21)19-10-7-18-8-11-19/h2-5,14,18H,6-13H2,1H3. The number of nitrogens with zero attached hydrogens (tertiary/aromatic N) is 2. The van der Waals surface area contributed by atoms with Crippen molar-refractivity contribution < 1.29 is 4.79 Å². The van der Waals surface area contributed by atoms with E-state index in [4.69, 9.17) is 0 Å². The van der Waals surface area contributed by atoms with E-state index in [1.807, 2.05) is 4.90 Å². The highest BCUT2D eigenvalue weighted by molar-refractivity contribution is 5.77. The van der Waals surface area contributed by atoms with Crippen LogP contribution in [0.2, 0.25) is 0 Å². The van der Waals surface area contributed by atoms with Crippen LogP contribution in [0.1, 0.15) is 18.9 Å². The number of benzene rings is 1. The quantitative estimate of drug-likeness (QED) is 0.915. The Labute approximate surface area is 127 Å². The van der Waals surface area contributed by atoms with Gasteiger partial charge in [0.15, 0.2) is 0 Å². The third-order valence-corrected chi connectivity index (χ3v) is 4.50. The minimum absolute atomic E-state index is 0.298. The summed E-state index contributed by atoms with van der Waals surface area (Å²) in [6.07, 6.45) is 1.78. The molecule has 1 aromatic carbocycles. The van der Waals surface area contributed by atoms with Crippen LogP contribution in [-0.2, 0) is 11.2 Å². The van der Waals surface area contributed by atoms with Crippen LogP contribution in [-0.4, -0.2) is 50.1 Å². The number of piperazine rings is 1. The molecule has 1 N–H and O–H groups in total. The molecule has 2 aliphatic rings. The van der Waals surface area contributed by atoms with E-state index in [1.54, 1.807) is 0 Å². The zero-order valence-corrected chi connectivity index (χ0v) is 12.8. The van der Waals surface area contributed by atoms with E-state index in [2.05, 4.69) is 41.4 Å². The van der Waals surface area contributed by atoms with Gasteiger partial charge in [0.1, 0.15) is 0 Å². The Kier molecular flexibility index (Phi) is 4.44. The van der Waals surface area contributed by atoms with Crippen LogP contribution in [0.4, 0.5) is 5.69 Å². The maximum Gasteiger partial charge on any atom is 0.224 e. The average Bonchev–Trinajstić information content (AvgIpc) is 2.53. The predicted octanol–water partition coefficient (Wildman–Crippen LogP) is 1.51. The van der Waals surface area contributed by atoms with E-state index < -0.39 is 0 Å². The van der Waals surface area contributed by atoms with Crippen molar-refractivity contribution in [1.29, 1.82) is 0 Å². The molecule has 1 saturated heterocycles. The van der Waals surface area contributed by atoms with E-state index in [9.17, 15) is 4.79 Å². The molecule has 0 spiro atoms. The normalized spacial score (nSPS) is 22.0. The van der Waals surface area contributed by atoms with Crippen molar-refractivity contribution in [3.8, 4) is 0 Å². The first-order chi connectivity index (χ1) is 10.2. The first-order valence-electron chi connectivity index (χ1n) is 8.05. The molecule has 4 nitrogen and oxygen atoms in total. The van der Waals surface area contributed by atoms with Gasteiger partial charge >= 0.3 is 0 Å². The highest BCUT2D eigenvalue weighted by Gasteiger charge is 2.23. The highest BCUT2D eigenvalue weighted by atomic mass is 16.2. The van der Waals surface area contributed by atoms with Crippen LogP contribution in [0.25, 0.3) is 0 Å². The molecule has 1 atom stereocenters. The smallest absolute Gasteiger partial charge is 0.224 e. The second-order valence-corrected chi connectivity index (χ2v) is 6.26. The van der Waals surface area contributed by atoms with Crippen LogP contribution in [0.5, 0.6) is 0 Å². The van der Waals surface area contributed by atoms with E-state index in [0.717, 1.165) is 45.7 Å². The van der Waals surface area contributed by atoms with E-state index >= 15 is 0 Å². The van der Waals surface area contributed by atoms with Gasteiger partial charge in [0.2, 0.25) is 5.91 Å². The summed E-state index contributed by atoms with van der Waals surface area (Å²) in [5.41, 5.74) is 2.74. The molecule has 1 unspecified atom stereocenters. The lowest BCUT2D eigenvalue weighted by Gasteiger charge is -2.35. The lowest BCUT2D eigenvalue weighted by Crippen LogP contribution is -2.47. The highest BCUT2D eigenvalue weighted by Crippen LogP contribution is 2.29. The first kappa shape index (κ1) is 14.4. The molecule has 0 saturated carbocycles. The Balaban J connectivity index is 1.61. The van der Waals surface area contributed by atoms with Gasteiger partial charge in [0.25, 0.3) is 0 Å². The van der Waals surface area contributed by atoms with Crippen LogP contribution in [0.15, 0.2) is 24.3 Å². The number of nitrogens with one attached hydrogen (secondary N) is 1. The van der Waals surface area contributed by atoms with Crippen molar-refractivity contribution >= 4 is 11.6 Å². The van der Waals surface area contributed by atoms with Crippen LogP contribution in [0.3, 0.4) is 0 Å². The molecule has 0 aliphatic carbocycles. The van der Waals surface area contributed by atoms with Gasteiger partial charge in [-0.15, -0.1) is 0 Å². The fourth-order valence-corrected chi connectivity index (χ4v) is 3.42. The third kappa shape index (κ3) is 3.38. The van der Waals surface area contributed by atoms with Crippen molar-refractivity contribution in [3.63, 3.8) is 0 Å². The number of hydrogen-bond donors (Lipinski definition) is 1. The molecule has 0 aromatic heterocycles. The molecule has 2 aliphatic heterocycles. The number of para-hydroxylation sites is 1. The van der Waals surface area contributed by atoms with Crippen LogP contribution < -0.4 is 10.2 Å². The van der Waals surface area contributed by atoms with E-state index in [-0.39, 0.29) is 0 Å². The Bertz CT molecular complexity index is 497. The van der Waals surface area contributed by atoms with Gasteiger partial charge in [-0.25, -0.2) is 0 Å². The summed E-state index contributed by atoms with van der Waals surface area (Å²) in [4.78, 5) is 16.7. The summed E-state index contributed by atoms with van der Waals surface area (Å²) in [6.45, 7) is 7.75. The van der Waals surface area contributed by atoms with Crippen molar-refractivity contribution in [2.24, 2.45) is 5.92 Å². The summed E-state index contributed by atoms with van der Waals surface area (Å²) < 4.78 is 0. The van der Waals surface area contributed by atoms with E-state index in [0.29, 0.717) is 18.2 Å². The molecule has 0 bridgehead atoms. The molecule has 1 aromatic rings. The molecule has 4 heteroatoms. The van der Waals surface area contributed by atoms with Gasteiger partial charge in [-0.05, 0) is 24.0 Å². The van der Waals surface area contributed by atoms with Gasteiger partial charge in [0, 0.05) is 51.4 Å². The second kappa shape index (κ2) is 6.48. The summed E-state index contributed by atoms with van der Waals surface area (Å²) >= 11 is 0. The fourth-order valence-electron chi connectivity index (χ4n) is 3.42. The van der Waals surface area contributed by atoms with Crippen molar-refractivity contribution in [3.05, 3.63) is 29.8 Å². The van der Waals surface area contributed by atoms with Crippen LogP contribution in [0, 0.1) is 5.92 Å². The molecule has 1 amide bonds. The largest absolute Gasteiger partial charge is 0.371 e. The number of carbonyl (C=O) groups is 1. The summed E-state index contributed by atoms with van der Waals surface area (Å²) in [7, 11) is 0. The summed E-state index contributed by atoms with van der Waals surface area (Å²) in [5.74, 6) is 0.960. The predicted molar refractivity (Wildman–Crippen MR) is 85.6 cm³/mol. The molecule has 2 heterocycles. The zero-order chi connectivity index (χ0) is 14.7. The third-order valence-electron chi connectivity index (χ3n) is 4.50. The minimum Gasteiger partial charge on any atom is -0.371 e. The monoisotopic (exact) mass is 287 g/mol. The first-order valence-corrected chi connectivity index (χ1v) is 8.05. The molecule has 1 fully saturated rings. The van der Waals surface area contributed by atoms with Gasteiger partial charge in [-0.1, -0.05) is 25.1 Å². The summed E-state index contributed by atoms with van der Waals surface area (Å²) in [6, 6.07) is 8.62. The Hall–Kier alpha value is -1.55. The fraction of sp³-hybridized carbons (Fsp3) is 0.588. The Morgan fingerprint density at radius 3 is 2.86 bits per heavy atom. The number of rotatable bonds is 3. The molecule has 114 valence electrons. The number of carbonyl (C=O) groups excluding carboxylic acids is 1. The van der Waals surface area contributed by atoms with E-state index in [1.165, 1.54) is 11.3 Å². The Morgan fingerprint density at radius 2 is 2.05 bits per heavy atom. The van der Waals surface area contributed by atoms with Gasteiger partial charge < -0.3 is 15.1 Å². The molecular formula is C17H25N3O. The maximum absolute atomic E-state index is 12.3. The van der Waals surface area contributed by atoms with Crippen molar-refractivity contribution in [2.45, 2.75) is 19.8 Å². The topological polar surface area (TPSA) is 35.6 Å². The minimum atomic E-state index is 0.298. The second-order valence-electron chi connectivity index (χ2n) is 6.26. The number of fused-ring (bicyclic) bond motifs is 1. The molecular weight excluding hydrogens is 262 g/mol. The average molecular weight is 287 g/mol. The van der Waals surface area contributed by atoms with Gasteiger partial charge in [-0.3, -0.25) is 4.79 Å². The SMILES string of the molecule is CC1Cc2ccccc2N(CCC(=O)N2CCNCC2)C1. The van der Waals surface area contributed by atoms with Crippen molar-refractivity contribution in [2.75, 3.05) is 44.2 Å². The molecule has 21 heavy (non-hydrogen) atoms. The number of anilines is 1. The van der Waals surface area contributed by atoms with Crippen molar-refractivity contribution in [1.82, 2.24) is 10.2 Å². The molecule has 0 radical (unpaired) electrons.